The number of hydrogen-bond donors (Lipinski definition) is 1. The van der Waals surface area contributed by atoms with E-state index < -0.39 is 0 Å². The summed E-state index contributed by atoms with van der Waals surface area (Å²) in [6.45, 7) is 6.94. The van der Waals surface area contributed by atoms with Gasteiger partial charge in [-0.15, -0.1) is 0 Å². The van der Waals surface area contributed by atoms with Crippen molar-refractivity contribution in [2.75, 3.05) is 13.1 Å². The molecule has 1 heterocycles. The van der Waals surface area contributed by atoms with Crippen LogP contribution in [0.25, 0.3) is 0 Å². The number of nitrogens with zero attached hydrogens (tertiary/aromatic N) is 1. The van der Waals surface area contributed by atoms with Gasteiger partial charge in [0.2, 0.25) is 0 Å². The lowest BCUT2D eigenvalue weighted by Crippen LogP contribution is -2.24. The molecule has 0 bridgehead atoms. The molecule has 2 atom stereocenters. The molecule has 1 aliphatic heterocycles. The molecule has 0 amide bonds. The average Bonchev–Trinajstić information content (AvgIpc) is 2.65. The summed E-state index contributed by atoms with van der Waals surface area (Å²) in [5.74, 6) is 1.17. The fraction of sp³-hybridized carbons (Fsp3) is 0.538. The molecule has 0 radical (unpaired) electrons. The minimum absolute atomic E-state index is 0.348. The third kappa shape index (κ3) is 2.32. The van der Waals surface area contributed by atoms with Crippen molar-refractivity contribution in [3.63, 3.8) is 0 Å². The van der Waals surface area contributed by atoms with Crippen LogP contribution in [0.2, 0.25) is 0 Å². The van der Waals surface area contributed by atoms with E-state index in [-0.39, 0.29) is 0 Å². The molecular weight excluding hydrogens is 186 g/mol. The number of rotatable bonds is 2. The molecule has 0 aromatic heterocycles. The van der Waals surface area contributed by atoms with Gasteiger partial charge >= 0.3 is 0 Å². The van der Waals surface area contributed by atoms with E-state index in [0.29, 0.717) is 11.8 Å². The van der Waals surface area contributed by atoms with Crippen LogP contribution in [0.5, 0.6) is 5.75 Å². The molecule has 2 nitrogen and oxygen atoms in total. The largest absolute Gasteiger partial charge is 0.508 e. The predicted octanol–water partition coefficient (Wildman–Crippen LogP) is 2.80. The standard InChI is InChI=1S/C13H19NO/c1-10-7-8-14(9-10)11(2)12-3-5-13(15)6-4-12/h3-6,10-11,15H,7-9H2,1-2H3. The SMILES string of the molecule is CC1CCN(C(C)c2ccc(O)cc2)C1. The van der Waals surface area contributed by atoms with Gasteiger partial charge in [0.05, 0.1) is 0 Å². The molecule has 2 unspecified atom stereocenters. The first-order valence-corrected chi connectivity index (χ1v) is 5.70. The van der Waals surface area contributed by atoms with Crippen LogP contribution in [0.4, 0.5) is 0 Å². The molecule has 1 aromatic rings. The van der Waals surface area contributed by atoms with Gasteiger partial charge in [-0.3, -0.25) is 4.90 Å². The maximum absolute atomic E-state index is 9.23. The van der Waals surface area contributed by atoms with Gasteiger partial charge < -0.3 is 5.11 Å². The van der Waals surface area contributed by atoms with Crippen LogP contribution >= 0.6 is 0 Å². The van der Waals surface area contributed by atoms with E-state index in [1.807, 2.05) is 12.1 Å². The van der Waals surface area contributed by atoms with Crippen LogP contribution in [-0.2, 0) is 0 Å². The summed E-state index contributed by atoms with van der Waals surface area (Å²) in [7, 11) is 0. The Balaban J connectivity index is 2.07. The zero-order chi connectivity index (χ0) is 10.8. The van der Waals surface area contributed by atoms with Gasteiger partial charge in [-0.1, -0.05) is 19.1 Å². The molecule has 15 heavy (non-hydrogen) atoms. The highest BCUT2D eigenvalue weighted by molar-refractivity contribution is 5.27. The van der Waals surface area contributed by atoms with Gasteiger partial charge in [0.15, 0.2) is 0 Å². The number of likely N-dealkylation sites (tertiary alicyclic amines) is 1. The third-order valence-corrected chi connectivity index (χ3v) is 3.38. The van der Waals surface area contributed by atoms with E-state index in [1.54, 1.807) is 12.1 Å². The normalized spacial score (nSPS) is 24.3. The van der Waals surface area contributed by atoms with Crippen molar-refractivity contribution < 1.29 is 5.11 Å². The van der Waals surface area contributed by atoms with E-state index in [9.17, 15) is 5.11 Å². The van der Waals surface area contributed by atoms with Crippen LogP contribution < -0.4 is 0 Å². The molecule has 2 heteroatoms. The summed E-state index contributed by atoms with van der Waals surface area (Å²) in [5, 5.41) is 9.23. The van der Waals surface area contributed by atoms with Gasteiger partial charge in [0.1, 0.15) is 5.75 Å². The summed E-state index contributed by atoms with van der Waals surface area (Å²) >= 11 is 0. The summed E-state index contributed by atoms with van der Waals surface area (Å²) in [6, 6.07) is 8.04. The molecule has 82 valence electrons. The Bertz CT molecular complexity index is 320. The van der Waals surface area contributed by atoms with E-state index in [1.165, 1.54) is 25.1 Å². The molecule has 1 N–H and O–H groups in total. The van der Waals surface area contributed by atoms with Crippen LogP contribution in [-0.4, -0.2) is 23.1 Å². The van der Waals surface area contributed by atoms with Gasteiger partial charge in [-0.25, -0.2) is 0 Å². The predicted molar refractivity (Wildman–Crippen MR) is 61.9 cm³/mol. The van der Waals surface area contributed by atoms with Crippen molar-refractivity contribution in [1.82, 2.24) is 4.90 Å². The second-order valence-electron chi connectivity index (χ2n) is 4.66. The highest BCUT2D eigenvalue weighted by atomic mass is 16.3. The van der Waals surface area contributed by atoms with Crippen molar-refractivity contribution in [1.29, 1.82) is 0 Å². The van der Waals surface area contributed by atoms with Gasteiger partial charge in [-0.2, -0.15) is 0 Å². The van der Waals surface area contributed by atoms with Crippen molar-refractivity contribution in [2.24, 2.45) is 5.92 Å². The first-order valence-electron chi connectivity index (χ1n) is 5.70. The van der Waals surface area contributed by atoms with Crippen LogP contribution in [0.1, 0.15) is 31.9 Å². The first-order chi connectivity index (χ1) is 7.16. The Kier molecular flexibility index (Phi) is 2.96. The van der Waals surface area contributed by atoms with Crippen LogP contribution in [0.15, 0.2) is 24.3 Å². The lowest BCUT2D eigenvalue weighted by molar-refractivity contribution is 0.255. The highest BCUT2D eigenvalue weighted by Gasteiger charge is 2.23. The smallest absolute Gasteiger partial charge is 0.115 e. The van der Waals surface area contributed by atoms with E-state index in [0.717, 1.165) is 5.92 Å². The molecule has 0 spiro atoms. The number of phenolic OH excluding ortho intramolecular Hbond substituents is 1. The zero-order valence-electron chi connectivity index (χ0n) is 9.48. The Morgan fingerprint density at radius 1 is 1.33 bits per heavy atom. The highest BCUT2D eigenvalue weighted by Crippen LogP contribution is 2.27. The number of benzene rings is 1. The topological polar surface area (TPSA) is 23.5 Å². The maximum atomic E-state index is 9.23. The maximum Gasteiger partial charge on any atom is 0.115 e. The Labute approximate surface area is 91.5 Å². The minimum atomic E-state index is 0.348. The van der Waals surface area contributed by atoms with Crippen molar-refractivity contribution in [2.45, 2.75) is 26.3 Å². The fourth-order valence-corrected chi connectivity index (χ4v) is 2.28. The first kappa shape index (κ1) is 10.5. The van der Waals surface area contributed by atoms with Gasteiger partial charge in [0, 0.05) is 12.6 Å². The molecule has 1 saturated heterocycles. The average molecular weight is 205 g/mol. The number of hydrogen-bond acceptors (Lipinski definition) is 2. The fourth-order valence-electron chi connectivity index (χ4n) is 2.28. The molecule has 1 fully saturated rings. The summed E-state index contributed by atoms with van der Waals surface area (Å²) in [5.41, 5.74) is 1.29. The van der Waals surface area contributed by atoms with Crippen molar-refractivity contribution >= 4 is 0 Å². The molecular formula is C13H19NO. The third-order valence-electron chi connectivity index (χ3n) is 3.38. The molecule has 1 aromatic carbocycles. The Morgan fingerprint density at radius 3 is 2.53 bits per heavy atom. The number of aromatic hydroxyl groups is 1. The monoisotopic (exact) mass is 205 g/mol. The lowest BCUT2D eigenvalue weighted by atomic mass is 10.1. The van der Waals surface area contributed by atoms with Crippen molar-refractivity contribution in [3.8, 4) is 5.75 Å². The molecule has 2 rings (SSSR count). The van der Waals surface area contributed by atoms with Gasteiger partial charge in [-0.05, 0) is 43.5 Å². The van der Waals surface area contributed by atoms with Crippen LogP contribution in [0, 0.1) is 5.92 Å². The number of phenols is 1. The van der Waals surface area contributed by atoms with Crippen LogP contribution in [0.3, 0.4) is 0 Å². The second kappa shape index (κ2) is 4.23. The van der Waals surface area contributed by atoms with Gasteiger partial charge in [0.25, 0.3) is 0 Å². The van der Waals surface area contributed by atoms with E-state index in [2.05, 4.69) is 18.7 Å². The second-order valence-corrected chi connectivity index (χ2v) is 4.66. The quantitative estimate of drug-likeness (QED) is 0.802. The Morgan fingerprint density at radius 2 is 2.00 bits per heavy atom. The molecule has 0 saturated carbocycles. The summed E-state index contributed by atoms with van der Waals surface area (Å²) < 4.78 is 0. The summed E-state index contributed by atoms with van der Waals surface area (Å²) in [6.07, 6.45) is 1.31. The minimum Gasteiger partial charge on any atom is -0.508 e. The molecule has 1 aliphatic rings. The lowest BCUT2D eigenvalue weighted by Gasteiger charge is -2.24. The molecule has 0 aliphatic carbocycles. The zero-order valence-corrected chi connectivity index (χ0v) is 9.48. The van der Waals surface area contributed by atoms with Crippen molar-refractivity contribution in [3.05, 3.63) is 29.8 Å². The Hall–Kier alpha value is -1.02. The van der Waals surface area contributed by atoms with E-state index in [4.69, 9.17) is 0 Å². The van der Waals surface area contributed by atoms with E-state index >= 15 is 0 Å². The summed E-state index contributed by atoms with van der Waals surface area (Å²) in [4.78, 5) is 2.51.